The van der Waals surface area contributed by atoms with Crippen LogP contribution in [-0.2, 0) is 0 Å². The van der Waals surface area contributed by atoms with Crippen molar-refractivity contribution in [2.75, 3.05) is 10.6 Å². The van der Waals surface area contributed by atoms with Crippen molar-refractivity contribution in [2.45, 2.75) is 39.5 Å². The zero-order valence-electron chi connectivity index (χ0n) is 17.9. The van der Waals surface area contributed by atoms with Crippen LogP contribution in [0.15, 0.2) is 72.8 Å². The molecule has 0 fully saturated rings. The Balaban J connectivity index is 1.68. The molecule has 0 aromatic heterocycles. The Morgan fingerprint density at radius 3 is 1.30 bits per heavy atom. The summed E-state index contributed by atoms with van der Waals surface area (Å²) >= 11 is 0. The molecular formula is C26H28N2O2. The third-order valence-corrected chi connectivity index (χ3v) is 5.06. The maximum absolute atomic E-state index is 12.6. The van der Waals surface area contributed by atoms with E-state index in [0.29, 0.717) is 23.0 Å². The molecule has 3 rings (SSSR count). The average molecular weight is 401 g/mol. The van der Waals surface area contributed by atoms with Gasteiger partial charge in [-0.15, -0.1) is 0 Å². The number of hydrogen-bond donors (Lipinski definition) is 2. The second-order valence-electron chi connectivity index (χ2n) is 8.04. The van der Waals surface area contributed by atoms with Gasteiger partial charge in [0, 0.05) is 22.5 Å². The third kappa shape index (κ3) is 5.35. The Morgan fingerprint density at radius 1 is 0.600 bits per heavy atom. The van der Waals surface area contributed by atoms with Gasteiger partial charge in [0.05, 0.1) is 0 Å². The summed E-state index contributed by atoms with van der Waals surface area (Å²) in [5, 5.41) is 5.77. The number of carbonyl (C=O) groups excluding carboxylic acids is 2. The summed E-state index contributed by atoms with van der Waals surface area (Å²) in [5.41, 5.74) is 4.76. The fraction of sp³-hybridized carbons (Fsp3) is 0.231. The molecule has 3 aromatic rings. The standard InChI is InChI=1S/C26H28N2O2/c1-17(2)19-8-12-23(13-9-19)27-25(29)21-6-5-7-22(16-21)26(30)28-24-14-10-20(11-15-24)18(3)4/h5-18H,1-4H3,(H,27,29)(H,28,30). The molecule has 0 unspecified atom stereocenters. The van der Waals surface area contributed by atoms with Crippen LogP contribution in [0, 0.1) is 0 Å². The Bertz CT molecular complexity index is 939. The molecule has 0 bridgehead atoms. The Morgan fingerprint density at radius 2 is 0.967 bits per heavy atom. The molecule has 0 spiro atoms. The lowest BCUT2D eigenvalue weighted by Crippen LogP contribution is -2.15. The molecule has 2 N–H and O–H groups in total. The van der Waals surface area contributed by atoms with Gasteiger partial charge in [-0.2, -0.15) is 0 Å². The summed E-state index contributed by atoms with van der Waals surface area (Å²) < 4.78 is 0. The van der Waals surface area contributed by atoms with Gasteiger partial charge in [-0.1, -0.05) is 58.0 Å². The van der Waals surface area contributed by atoms with Crippen LogP contribution in [0.3, 0.4) is 0 Å². The lowest BCUT2D eigenvalue weighted by atomic mass is 10.0. The van der Waals surface area contributed by atoms with Crippen molar-refractivity contribution >= 4 is 23.2 Å². The molecule has 0 aliphatic heterocycles. The first kappa shape index (κ1) is 21.3. The van der Waals surface area contributed by atoms with E-state index in [2.05, 4.69) is 38.3 Å². The van der Waals surface area contributed by atoms with Crippen LogP contribution in [0.1, 0.15) is 71.4 Å². The van der Waals surface area contributed by atoms with E-state index in [-0.39, 0.29) is 11.8 Å². The topological polar surface area (TPSA) is 58.2 Å². The molecule has 0 heterocycles. The summed E-state index contributed by atoms with van der Waals surface area (Å²) in [6.45, 7) is 8.51. The highest BCUT2D eigenvalue weighted by molar-refractivity contribution is 6.08. The molecule has 0 saturated carbocycles. The molecule has 0 aliphatic carbocycles. The van der Waals surface area contributed by atoms with Crippen LogP contribution in [-0.4, -0.2) is 11.8 Å². The molecule has 154 valence electrons. The second kappa shape index (κ2) is 9.40. The maximum atomic E-state index is 12.6. The van der Waals surface area contributed by atoms with E-state index in [4.69, 9.17) is 0 Å². The number of rotatable bonds is 6. The molecular weight excluding hydrogens is 372 g/mol. The first-order chi connectivity index (χ1) is 14.3. The Labute approximate surface area is 178 Å². The van der Waals surface area contributed by atoms with Gasteiger partial charge in [0.1, 0.15) is 0 Å². The first-order valence-electron chi connectivity index (χ1n) is 10.3. The molecule has 3 aromatic carbocycles. The average Bonchev–Trinajstić information content (AvgIpc) is 2.74. The van der Waals surface area contributed by atoms with E-state index in [1.165, 1.54) is 11.1 Å². The lowest BCUT2D eigenvalue weighted by Gasteiger charge is -2.10. The van der Waals surface area contributed by atoms with E-state index in [1.54, 1.807) is 24.3 Å². The van der Waals surface area contributed by atoms with Crippen molar-refractivity contribution in [1.29, 1.82) is 0 Å². The van der Waals surface area contributed by atoms with Crippen LogP contribution < -0.4 is 10.6 Å². The van der Waals surface area contributed by atoms with Crippen LogP contribution in [0.5, 0.6) is 0 Å². The van der Waals surface area contributed by atoms with Crippen LogP contribution >= 0.6 is 0 Å². The Kier molecular flexibility index (Phi) is 6.68. The second-order valence-corrected chi connectivity index (χ2v) is 8.04. The molecule has 0 radical (unpaired) electrons. The number of hydrogen-bond acceptors (Lipinski definition) is 2. The van der Waals surface area contributed by atoms with Crippen LogP contribution in [0.25, 0.3) is 0 Å². The highest BCUT2D eigenvalue weighted by Crippen LogP contribution is 2.19. The van der Waals surface area contributed by atoms with E-state index >= 15 is 0 Å². The zero-order valence-corrected chi connectivity index (χ0v) is 17.9. The molecule has 0 atom stereocenters. The zero-order chi connectivity index (χ0) is 21.7. The van der Waals surface area contributed by atoms with Gasteiger partial charge < -0.3 is 10.6 Å². The van der Waals surface area contributed by atoms with E-state index in [1.807, 2.05) is 48.5 Å². The van der Waals surface area contributed by atoms with E-state index in [9.17, 15) is 9.59 Å². The van der Waals surface area contributed by atoms with Gasteiger partial charge >= 0.3 is 0 Å². The Hall–Kier alpha value is -3.40. The van der Waals surface area contributed by atoms with Crippen molar-refractivity contribution in [1.82, 2.24) is 0 Å². The van der Waals surface area contributed by atoms with E-state index in [0.717, 1.165) is 11.4 Å². The SMILES string of the molecule is CC(C)c1ccc(NC(=O)c2cccc(C(=O)Nc3ccc(C(C)C)cc3)c2)cc1. The van der Waals surface area contributed by atoms with Gasteiger partial charge in [0.25, 0.3) is 11.8 Å². The maximum Gasteiger partial charge on any atom is 0.255 e. The van der Waals surface area contributed by atoms with Gasteiger partial charge in [0.2, 0.25) is 0 Å². The van der Waals surface area contributed by atoms with E-state index < -0.39 is 0 Å². The fourth-order valence-corrected chi connectivity index (χ4v) is 3.11. The quantitative estimate of drug-likeness (QED) is 0.500. The number of anilines is 2. The molecule has 2 amide bonds. The highest BCUT2D eigenvalue weighted by Gasteiger charge is 2.12. The minimum atomic E-state index is -0.247. The van der Waals surface area contributed by atoms with Crippen molar-refractivity contribution < 1.29 is 9.59 Å². The smallest absolute Gasteiger partial charge is 0.255 e. The predicted molar refractivity (Wildman–Crippen MR) is 123 cm³/mol. The number of carbonyl (C=O) groups is 2. The summed E-state index contributed by atoms with van der Waals surface area (Å²) in [4.78, 5) is 25.2. The summed E-state index contributed by atoms with van der Waals surface area (Å²) in [7, 11) is 0. The van der Waals surface area contributed by atoms with Crippen LogP contribution in [0.4, 0.5) is 11.4 Å². The first-order valence-corrected chi connectivity index (χ1v) is 10.3. The van der Waals surface area contributed by atoms with Gasteiger partial charge in [0.15, 0.2) is 0 Å². The third-order valence-electron chi connectivity index (χ3n) is 5.06. The minimum Gasteiger partial charge on any atom is -0.322 e. The van der Waals surface area contributed by atoms with Crippen molar-refractivity contribution in [3.05, 3.63) is 95.1 Å². The van der Waals surface area contributed by atoms with Crippen molar-refractivity contribution in [3.63, 3.8) is 0 Å². The number of benzene rings is 3. The molecule has 0 saturated heterocycles. The largest absolute Gasteiger partial charge is 0.322 e. The predicted octanol–water partition coefficient (Wildman–Crippen LogP) is 6.44. The van der Waals surface area contributed by atoms with Crippen LogP contribution in [0.2, 0.25) is 0 Å². The summed E-state index contributed by atoms with van der Waals surface area (Å²) in [6.07, 6.45) is 0. The molecule has 4 heteroatoms. The van der Waals surface area contributed by atoms with Crippen molar-refractivity contribution in [3.8, 4) is 0 Å². The molecule has 4 nitrogen and oxygen atoms in total. The van der Waals surface area contributed by atoms with Crippen molar-refractivity contribution in [2.24, 2.45) is 0 Å². The van der Waals surface area contributed by atoms with Gasteiger partial charge in [-0.25, -0.2) is 0 Å². The molecule has 0 aliphatic rings. The molecule has 30 heavy (non-hydrogen) atoms. The number of nitrogens with one attached hydrogen (secondary N) is 2. The fourth-order valence-electron chi connectivity index (χ4n) is 3.11. The number of amides is 2. The lowest BCUT2D eigenvalue weighted by molar-refractivity contribution is 0.102. The summed E-state index contributed by atoms with van der Waals surface area (Å²) in [5.74, 6) is 0.379. The van der Waals surface area contributed by atoms with Gasteiger partial charge in [-0.3, -0.25) is 9.59 Å². The minimum absolute atomic E-state index is 0.247. The van der Waals surface area contributed by atoms with Gasteiger partial charge in [-0.05, 0) is 65.4 Å². The highest BCUT2D eigenvalue weighted by atomic mass is 16.2. The normalized spacial score (nSPS) is 10.9. The summed E-state index contributed by atoms with van der Waals surface area (Å²) in [6, 6.07) is 22.3. The monoisotopic (exact) mass is 400 g/mol.